The van der Waals surface area contributed by atoms with E-state index in [2.05, 4.69) is 4.98 Å². The average molecular weight is 364 g/mol. The lowest BCUT2D eigenvalue weighted by Gasteiger charge is -2.26. The highest BCUT2D eigenvalue weighted by Crippen LogP contribution is 2.23. The lowest BCUT2D eigenvalue weighted by Crippen LogP contribution is -2.36. The number of thiazole rings is 1. The van der Waals surface area contributed by atoms with Gasteiger partial charge in [0.05, 0.1) is 18.4 Å². The van der Waals surface area contributed by atoms with Crippen molar-refractivity contribution in [3.63, 3.8) is 0 Å². The normalized spacial score (nSPS) is 11.1. The number of hydrogen-bond donors (Lipinski definition) is 2. The van der Waals surface area contributed by atoms with E-state index in [1.54, 1.807) is 40.0 Å². The van der Waals surface area contributed by atoms with Crippen LogP contribution < -0.4 is 14.4 Å². The summed E-state index contributed by atoms with van der Waals surface area (Å²) in [6.07, 6.45) is 0.771. The van der Waals surface area contributed by atoms with Gasteiger partial charge in [-0.1, -0.05) is 12.1 Å². The number of rotatable bonds is 5. The number of carbonyl (C=O) groups is 1. The Morgan fingerprint density at radius 3 is 2.40 bits per heavy atom. The molecule has 7 nitrogen and oxygen atoms in total. The van der Waals surface area contributed by atoms with Gasteiger partial charge in [0, 0.05) is 6.20 Å². The zero-order chi connectivity index (χ0) is 18.6. The van der Waals surface area contributed by atoms with Gasteiger partial charge in [0.2, 0.25) is 0 Å². The molecule has 1 heterocycles. The molecule has 0 unspecified atom stereocenters. The summed E-state index contributed by atoms with van der Waals surface area (Å²) in [5.74, 6) is 0.715. The molecular formula is C16H21BN2O5S. The van der Waals surface area contributed by atoms with Crippen molar-refractivity contribution in [1.82, 2.24) is 4.98 Å². The SMILES string of the molecule is COc1ccc(CN(C(=O)OC(C)(C)C)c2ncc(B(O)O)s2)cc1. The van der Waals surface area contributed by atoms with Crippen molar-refractivity contribution in [2.45, 2.75) is 32.9 Å². The van der Waals surface area contributed by atoms with Gasteiger partial charge >= 0.3 is 13.2 Å². The van der Waals surface area contributed by atoms with Gasteiger partial charge in [0.25, 0.3) is 0 Å². The van der Waals surface area contributed by atoms with Crippen LogP contribution in [-0.2, 0) is 11.3 Å². The van der Waals surface area contributed by atoms with E-state index >= 15 is 0 Å². The average Bonchev–Trinajstić information content (AvgIpc) is 3.01. The van der Waals surface area contributed by atoms with Crippen LogP contribution in [0.15, 0.2) is 30.5 Å². The maximum absolute atomic E-state index is 12.6. The van der Waals surface area contributed by atoms with Gasteiger partial charge in [-0.25, -0.2) is 14.7 Å². The molecule has 0 bridgehead atoms. The predicted molar refractivity (Wildman–Crippen MR) is 97.4 cm³/mol. The molecule has 2 aromatic rings. The van der Waals surface area contributed by atoms with Crippen LogP contribution in [0, 0.1) is 0 Å². The second-order valence-electron chi connectivity index (χ2n) is 6.33. The van der Waals surface area contributed by atoms with E-state index < -0.39 is 18.8 Å². The van der Waals surface area contributed by atoms with E-state index in [0.29, 0.717) is 10.9 Å². The summed E-state index contributed by atoms with van der Waals surface area (Å²) in [6.45, 7) is 5.57. The number of hydrogen-bond acceptors (Lipinski definition) is 7. The minimum atomic E-state index is -1.63. The fourth-order valence-electron chi connectivity index (χ4n) is 1.96. The number of nitrogens with zero attached hydrogens (tertiary/aromatic N) is 2. The Kier molecular flexibility index (Phi) is 6.04. The summed E-state index contributed by atoms with van der Waals surface area (Å²) in [5, 5.41) is 18.9. The molecule has 0 aliphatic carbocycles. The molecule has 0 saturated heterocycles. The van der Waals surface area contributed by atoms with Gasteiger partial charge < -0.3 is 19.5 Å². The summed E-state index contributed by atoms with van der Waals surface area (Å²) >= 11 is 1.02. The largest absolute Gasteiger partial charge is 0.500 e. The van der Waals surface area contributed by atoms with E-state index in [-0.39, 0.29) is 11.3 Å². The van der Waals surface area contributed by atoms with Crippen molar-refractivity contribution in [3.8, 4) is 5.75 Å². The smallest absolute Gasteiger partial charge is 0.497 e. The third kappa shape index (κ3) is 5.45. The maximum atomic E-state index is 12.6. The monoisotopic (exact) mass is 364 g/mol. The van der Waals surface area contributed by atoms with E-state index in [4.69, 9.17) is 9.47 Å². The van der Waals surface area contributed by atoms with Crippen molar-refractivity contribution >= 4 is 34.5 Å². The summed E-state index contributed by atoms with van der Waals surface area (Å²) in [4.78, 5) is 18.1. The number of methoxy groups -OCH3 is 1. The number of ether oxygens (including phenoxy) is 2. The quantitative estimate of drug-likeness (QED) is 0.786. The summed E-state index contributed by atoms with van der Waals surface area (Å²) in [5.41, 5.74) is 0.194. The minimum absolute atomic E-state index is 0.230. The zero-order valence-corrected chi connectivity index (χ0v) is 15.4. The Hall–Kier alpha value is -2.10. The summed E-state index contributed by atoms with van der Waals surface area (Å²) in [7, 11) is -0.0491. The molecule has 2 rings (SSSR count). The first-order valence-corrected chi connectivity index (χ1v) is 8.46. The molecule has 1 aromatic carbocycles. The topological polar surface area (TPSA) is 92.1 Å². The molecule has 0 saturated carbocycles. The van der Waals surface area contributed by atoms with E-state index in [1.807, 2.05) is 12.1 Å². The molecule has 1 amide bonds. The zero-order valence-electron chi connectivity index (χ0n) is 14.6. The van der Waals surface area contributed by atoms with Crippen molar-refractivity contribution in [3.05, 3.63) is 36.0 Å². The summed E-state index contributed by atoms with van der Waals surface area (Å²) < 4.78 is 10.8. The van der Waals surface area contributed by atoms with Gasteiger partial charge in [-0.15, -0.1) is 11.3 Å². The van der Waals surface area contributed by atoms with E-state index in [9.17, 15) is 14.8 Å². The van der Waals surface area contributed by atoms with Crippen molar-refractivity contribution in [1.29, 1.82) is 0 Å². The molecule has 9 heteroatoms. The number of carbonyl (C=O) groups excluding carboxylic acids is 1. The highest BCUT2D eigenvalue weighted by atomic mass is 32.1. The third-order valence-electron chi connectivity index (χ3n) is 3.11. The molecule has 0 fully saturated rings. The fourth-order valence-corrected chi connectivity index (χ4v) is 2.74. The van der Waals surface area contributed by atoms with Gasteiger partial charge in [-0.2, -0.15) is 0 Å². The van der Waals surface area contributed by atoms with Crippen molar-refractivity contribution in [2.75, 3.05) is 12.0 Å². The predicted octanol–water partition coefficient (Wildman–Crippen LogP) is 1.77. The molecule has 0 aliphatic heterocycles. The van der Waals surface area contributed by atoms with Gasteiger partial charge in [0.1, 0.15) is 11.4 Å². The third-order valence-corrected chi connectivity index (χ3v) is 4.17. The van der Waals surface area contributed by atoms with Gasteiger partial charge in [-0.05, 0) is 38.5 Å². The maximum Gasteiger partial charge on any atom is 0.500 e. The van der Waals surface area contributed by atoms with E-state index in [0.717, 1.165) is 16.9 Å². The van der Waals surface area contributed by atoms with Crippen LogP contribution in [0.2, 0.25) is 0 Å². The number of anilines is 1. The first-order valence-electron chi connectivity index (χ1n) is 7.65. The first-order chi connectivity index (χ1) is 11.7. The van der Waals surface area contributed by atoms with Crippen molar-refractivity contribution in [2.24, 2.45) is 0 Å². The highest BCUT2D eigenvalue weighted by molar-refractivity contribution is 7.25. The van der Waals surface area contributed by atoms with Gasteiger partial charge in [-0.3, -0.25) is 0 Å². The van der Waals surface area contributed by atoms with Crippen LogP contribution in [0.5, 0.6) is 5.75 Å². The van der Waals surface area contributed by atoms with E-state index in [1.165, 1.54) is 11.1 Å². The lowest BCUT2D eigenvalue weighted by molar-refractivity contribution is 0.0577. The Bertz CT molecular complexity index is 712. The van der Waals surface area contributed by atoms with Crippen LogP contribution >= 0.6 is 11.3 Å². The number of benzene rings is 1. The Morgan fingerprint density at radius 2 is 1.92 bits per heavy atom. The number of amides is 1. The summed E-state index contributed by atoms with van der Waals surface area (Å²) in [6, 6.07) is 7.28. The van der Waals surface area contributed by atoms with Crippen LogP contribution in [0.4, 0.5) is 9.93 Å². The lowest BCUT2D eigenvalue weighted by atomic mass is 9.91. The molecule has 0 aliphatic rings. The minimum Gasteiger partial charge on any atom is -0.497 e. The molecule has 0 radical (unpaired) electrons. The Balaban J connectivity index is 2.28. The van der Waals surface area contributed by atoms with Crippen LogP contribution in [-0.4, -0.2) is 41.0 Å². The molecule has 1 aromatic heterocycles. The standard InChI is InChI=1S/C16H21BN2O5S/c1-16(2,3)24-15(20)19(14-18-9-13(25-14)17(21)22)10-11-5-7-12(23-4)8-6-11/h5-9,21-22H,10H2,1-4H3. The second kappa shape index (κ2) is 7.86. The van der Waals surface area contributed by atoms with Gasteiger partial charge in [0.15, 0.2) is 5.13 Å². The first kappa shape index (κ1) is 19.2. The van der Waals surface area contributed by atoms with Crippen LogP contribution in [0.25, 0.3) is 0 Å². The molecule has 134 valence electrons. The molecule has 0 atom stereocenters. The van der Waals surface area contributed by atoms with Crippen LogP contribution in [0.3, 0.4) is 0 Å². The second-order valence-corrected chi connectivity index (χ2v) is 7.37. The Labute approximate surface area is 151 Å². The molecule has 0 spiro atoms. The van der Waals surface area contributed by atoms with Crippen molar-refractivity contribution < 1.29 is 24.3 Å². The molecule has 25 heavy (non-hydrogen) atoms. The highest BCUT2D eigenvalue weighted by Gasteiger charge is 2.27. The molecular weight excluding hydrogens is 343 g/mol. The fraction of sp³-hybridized carbons (Fsp3) is 0.375. The number of aromatic nitrogens is 1. The van der Waals surface area contributed by atoms with Crippen LogP contribution in [0.1, 0.15) is 26.3 Å². The molecule has 2 N–H and O–H groups in total. The Morgan fingerprint density at radius 1 is 1.28 bits per heavy atom.